The predicted octanol–water partition coefficient (Wildman–Crippen LogP) is 2.87. The number of fused-ring (bicyclic) bond motifs is 1. The van der Waals surface area contributed by atoms with E-state index in [1.807, 2.05) is 35.1 Å². The second-order valence-electron chi connectivity index (χ2n) is 7.53. The topological polar surface area (TPSA) is 68.2 Å². The van der Waals surface area contributed by atoms with Gasteiger partial charge in [-0.3, -0.25) is 10.00 Å². The molecule has 1 aromatic heterocycles. The van der Waals surface area contributed by atoms with Gasteiger partial charge in [-0.25, -0.2) is 4.79 Å². The van der Waals surface area contributed by atoms with E-state index in [4.69, 9.17) is 4.74 Å². The minimum atomic E-state index is -0.201. The highest BCUT2D eigenvalue weighted by Gasteiger charge is 2.59. The van der Waals surface area contributed by atoms with E-state index < -0.39 is 0 Å². The van der Waals surface area contributed by atoms with Crippen molar-refractivity contribution in [2.75, 3.05) is 11.9 Å². The van der Waals surface area contributed by atoms with Crippen LogP contribution in [0.15, 0.2) is 42.6 Å². The molecule has 25 heavy (non-hydrogen) atoms. The van der Waals surface area contributed by atoms with Crippen LogP contribution in [-0.2, 0) is 11.3 Å². The lowest BCUT2D eigenvalue weighted by Gasteiger charge is -2.54. The number of rotatable bonds is 4. The summed E-state index contributed by atoms with van der Waals surface area (Å²) in [6.45, 7) is 5.78. The highest BCUT2D eigenvalue weighted by atomic mass is 16.5. The Hall–Kier alpha value is -2.34. The minimum Gasteiger partial charge on any atom is -0.377 e. The van der Waals surface area contributed by atoms with Crippen molar-refractivity contribution in [1.82, 2.24) is 15.1 Å². The number of anilines is 1. The van der Waals surface area contributed by atoms with Crippen molar-refractivity contribution in [3.05, 3.63) is 48.2 Å². The van der Waals surface area contributed by atoms with Crippen LogP contribution in [0.3, 0.4) is 0 Å². The van der Waals surface area contributed by atoms with Gasteiger partial charge in [0.1, 0.15) is 0 Å². The highest BCUT2D eigenvalue weighted by Crippen LogP contribution is 2.52. The van der Waals surface area contributed by atoms with Gasteiger partial charge >= 0.3 is 6.03 Å². The van der Waals surface area contributed by atoms with Gasteiger partial charge < -0.3 is 10.1 Å². The lowest BCUT2D eigenvalue weighted by Crippen LogP contribution is -2.67. The number of amides is 2. The molecule has 2 aliphatic rings. The van der Waals surface area contributed by atoms with Crippen molar-refractivity contribution in [3.8, 4) is 0 Å². The van der Waals surface area contributed by atoms with Crippen molar-refractivity contribution >= 4 is 11.8 Å². The number of urea groups is 1. The predicted molar refractivity (Wildman–Crippen MR) is 95.3 cm³/mol. The van der Waals surface area contributed by atoms with Crippen LogP contribution in [0, 0.1) is 11.3 Å². The van der Waals surface area contributed by atoms with Crippen LogP contribution in [0.1, 0.15) is 25.8 Å². The maximum absolute atomic E-state index is 12.3. The fourth-order valence-corrected chi connectivity index (χ4v) is 4.20. The molecule has 2 amide bonds. The Labute approximate surface area is 147 Å². The van der Waals surface area contributed by atoms with Crippen molar-refractivity contribution in [2.24, 2.45) is 11.3 Å². The molecule has 6 nitrogen and oxygen atoms in total. The summed E-state index contributed by atoms with van der Waals surface area (Å²) in [5.74, 6) is 0.987. The summed E-state index contributed by atoms with van der Waals surface area (Å²) in [5, 5.41) is 10.4. The Morgan fingerprint density at radius 2 is 2.12 bits per heavy atom. The summed E-state index contributed by atoms with van der Waals surface area (Å²) in [4.78, 5) is 12.3. The number of aromatic nitrogens is 2. The smallest absolute Gasteiger partial charge is 0.320 e. The summed E-state index contributed by atoms with van der Waals surface area (Å²) in [6, 6.07) is 11.9. The monoisotopic (exact) mass is 340 g/mol. The molecule has 2 fully saturated rings. The molecule has 0 radical (unpaired) electrons. The molecule has 1 aliphatic carbocycles. The molecule has 2 aromatic rings. The summed E-state index contributed by atoms with van der Waals surface area (Å²) in [5.41, 5.74) is 1.15. The number of carbonyl (C=O) groups excluding carboxylic acids is 1. The number of ether oxygens (including phenoxy) is 1. The molecule has 1 saturated heterocycles. The van der Waals surface area contributed by atoms with Crippen LogP contribution in [0.4, 0.5) is 10.6 Å². The molecule has 4 rings (SSSR count). The van der Waals surface area contributed by atoms with E-state index >= 15 is 0 Å². The zero-order valence-electron chi connectivity index (χ0n) is 14.6. The first kappa shape index (κ1) is 16.1. The van der Waals surface area contributed by atoms with Gasteiger partial charge in [0.2, 0.25) is 0 Å². The summed E-state index contributed by atoms with van der Waals surface area (Å²) in [6.07, 6.45) is 3.16. The number of nitrogens with zero attached hydrogens (tertiary/aromatic N) is 2. The first-order valence-electron chi connectivity index (χ1n) is 8.80. The van der Waals surface area contributed by atoms with Gasteiger partial charge in [-0.2, -0.15) is 5.10 Å². The second-order valence-corrected chi connectivity index (χ2v) is 7.53. The van der Waals surface area contributed by atoms with Crippen LogP contribution in [0.25, 0.3) is 0 Å². The van der Waals surface area contributed by atoms with E-state index in [9.17, 15) is 4.79 Å². The molecule has 1 saturated carbocycles. The van der Waals surface area contributed by atoms with Crippen LogP contribution >= 0.6 is 0 Å². The zero-order valence-corrected chi connectivity index (χ0v) is 14.6. The van der Waals surface area contributed by atoms with E-state index in [1.54, 1.807) is 0 Å². The largest absolute Gasteiger partial charge is 0.377 e. The molecule has 132 valence electrons. The van der Waals surface area contributed by atoms with E-state index in [1.165, 1.54) is 5.56 Å². The Bertz CT molecular complexity index is 756. The third-order valence-corrected chi connectivity index (χ3v) is 5.46. The Morgan fingerprint density at radius 1 is 1.32 bits per heavy atom. The van der Waals surface area contributed by atoms with Crippen LogP contribution in [0.5, 0.6) is 0 Å². The molecular weight excluding hydrogens is 316 g/mol. The maximum atomic E-state index is 12.3. The molecule has 1 aromatic carbocycles. The third kappa shape index (κ3) is 3.02. The van der Waals surface area contributed by atoms with E-state index in [0.717, 1.165) is 13.0 Å². The second kappa shape index (κ2) is 6.19. The van der Waals surface area contributed by atoms with Crippen LogP contribution in [0.2, 0.25) is 0 Å². The Kier molecular flexibility index (Phi) is 4.00. The van der Waals surface area contributed by atoms with Crippen molar-refractivity contribution in [2.45, 2.75) is 39.0 Å². The number of benzene rings is 1. The molecule has 2 heterocycles. The van der Waals surface area contributed by atoms with Gasteiger partial charge in [-0.05, 0) is 12.0 Å². The molecular formula is C19H24N4O2. The fourth-order valence-electron chi connectivity index (χ4n) is 4.20. The number of nitrogens with one attached hydrogen (secondary N) is 2. The van der Waals surface area contributed by atoms with Crippen molar-refractivity contribution in [1.29, 1.82) is 0 Å². The van der Waals surface area contributed by atoms with Crippen molar-refractivity contribution < 1.29 is 9.53 Å². The SMILES string of the molecule is CC1(C)[C@H](NC(=O)Nc2ccn(Cc3ccccc3)n2)[C@H]2CCO[C@@H]21. The molecule has 3 atom stereocenters. The summed E-state index contributed by atoms with van der Waals surface area (Å²) < 4.78 is 7.59. The van der Waals surface area contributed by atoms with Gasteiger partial charge in [0.15, 0.2) is 5.82 Å². The lowest BCUT2D eigenvalue weighted by atomic mass is 9.57. The maximum Gasteiger partial charge on any atom is 0.320 e. The molecule has 2 N–H and O–H groups in total. The van der Waals surface area contributed by atoms with E-state index in [-0.39, 0.29) is 23.6 Å². The number of hydrogen-bond donors (Lipinski definition) is 2. The molecule has 0 bridgehead atoms. The molecule has 0 spiro atoms. The zero-order chi connectivity index (χ0) is 17.4. The van der Waals surface area contributed by atoms with Gasteiger partial charge in [-0.15, -0.1) is 0 Å². The third-order valence-electron chi connectivity index (χ3n) is 5.46. The lowest BCUT2D eigenvalue weighted by molar-refractivity contribution is -0.107. The van der Waals surface area contributed by atoms with Crippen LogP contribution < -0.4 is 10.6 Å². The first-order valence-corrected chi connectivity index (χ1v) is 8.80. The first-order chi connectivity index (χ1) is 12.0. The highest BCUT2D eigenvalue weighted by molar-refractivity contribution is 5.88. The summed E-state index contributed by atoms with van der Waals surface area (Å²) in [7, 11) is 0. The standard InChI is InChI=1S/C19H24N4O2/c1-19(2)16(14-9-11-25-17(14)19)21-18(24)20-15-8-10-23(22-15)12-13-6-4-3-5-7-13/h3-8,10,14,16-17H,9,11-12H2,1-2H3,(H2,20,21,22,24)/t14-,16-,17+/m1/s1. The van der Waals surface area contributed by atoms with Gasteiger partial charge in [-0.1, -0.05) is 44.2 Å². The van der Waals surface area contributed by atoms with E-state index in [0.29, 0.717) is 18.3 Å². The minimum absolute atomic E-state index is 0.0226. The molecule has 0 unspecified atom stereocenters. The van der Waals surface area contributed by atoms with Crippen molar-refractivity contribution in [3.63, 3.8) is 0 Å². The van der Waals surface area contributed by atoms with E-state index in [2.05, 4.69) is 41.7 Å². The Balaban J connectivity index is 1.34. The van der Waals surface area contributed by atoms with Gasteiger partial charge in [0.05, 0.1) is 12.6 Å². The average Bonchev–Trinajstić information content (AvgIpc) is 3.22. The molecule has 6 heteroatoms. The van der Waals surface area contributed by atoms with Gasteiger partial charge in [0.25, 0.3) is 0 Å². The summed E-state index contributed by atoms with van der Waals surface area (Å²) >= 11 is 0. The van der Waals surface area contributed by atoms with Gasteiger partial charge in [0, 0.05) is 36.2 Å². The normalized spacial score (nSPS) is 26.6. The fraction of sp³-hybridized carbons (Fsp3) is 0.474. The Morgan fingerprint density at radius 3 is 2.92 bits per heavy atom. The quantitative estimate of drug-likeness (QED) is 0.899. The number of hydrogen-bond acceptors (Lipinski definition) is 3. The molecule has 1 aliphatic heterocycles. The number of carbonyl (C=O) groups is 1. The van der Waals surface area contributed by atoms with Crippen LogP contribution in [-0.4, -0.2) is 34.6 Å². The average molecular weight is 340 g/mol.